The van der Waals surface area contributed by atoms with Crippen LogP contribution in [0.25, 0.3) is 0 Å². The molecule has 3 nitrogen and oxygen atoms in total. The highest BCUT2D eigenvalue weighted by atomic mass is 16.5. The Kier molecular flexibility index (Phi) is 5.53. The molecule has 0 radical (unpaired) electrons. The minimum Gasteiger partial charge on any atom is -0.496 e. The number of carbonyl (C=O) groups excluding carboxylic acids is 1. The Bertz CT molecular complexity index is 372. The van der Waals surface area contributed by atoms with Crippen molar-refractivity contribution in [3.8, 4) is 5.75 Å². The summed E-state index contributed by atoms with van der Waals surface area (Å²) in [5.41, 5.74) is 1.99. The van der Waals surface area contributed by atoms with E-state index in [-0.39, 0.29) is 5.97 Å². The van der Waals surface area contributed by atoms with Crippen molar-refractivity contribution in [2.45, 2.75) is 33.1 Å². The number of esters is 1. The lowest BCUT2D eigenvalue weighted by atomic mass is 10.1. The van der Waals surface area contributed by atoms with Crippen LogP contribution in [-0.4, -0.2) is 19.7 Å². The highest BCUT2D eigenvalue weighted by Crippen LogP contribution is 2.19. The van der Waals surface area contributed by atoms with E-state index >= 15 is 0 Å². The van der Waals surface area contributed by atoms with Gasteiger partial charge in [-0.05, 0) is 30.5 Å². The summed E-state index contributed by atoms with van der Waals surface area (Å²) in [6, 6.07) is 5.77. The fourth-order valence-electron chi connectivity index (χ4n) is 1.52. The molecular weight excluding hydrogens is 216 g/mol. The van der Waals surface area contributed by atoms with Crippen molar-refractivity contribution in [3.05, 3.63) is 29.3 Å². The number of benzene rings is 1. The Morgan fingerprint density at radius 2 is 2.12 bits per heavy atom. The monoisotopic (exact) mass is 236 g/mol. The molecule has 1 aromatic rings. The third-order valence-electron chi connectivity index (χ3n) is 2.58. The Labute approximate surface area is 103 Å². The average Bonchev–Trinajstić information content (AvgIpc) is 2.32. The van der Waals surface area contributed by atoms with Crippen molar-refractivity contribution in [1.82, 2.24) is 0 Å². The van der Waals surface area contributed by atoms with Crippen LogP contribution in [0.5, 0.6) is 5.75 Å². The van der Waals surface area contributed by atoms with Crippen LogP contribution in [0.3, 0.4) is 0 Å². The van der Waals surface area contributed by atoms with E-state index in [1.807, 2.05) is 25.1 Å². The molecule has 0 heterocycles. The van der Waals surface area contributed by atoms with E-state index in [2.05, 4.69) is 6.92 Å². The zero-order chi connectivity index (χ0) is 12.7. The lowest BCUT2D eigenvalue weighted by Gasteiger charge is -2.08. The molecule has 0 spiro atoms. The van der Waals surface area contributed by atoms with Crippen molar-refractivity contribution in [3.63, 3.8) is 0 Å². The topological polar surface area (TPSA) is 35.5 Å². The first-order valence-electron chi connectivity index (χ1n) is 5.96. The zero-order valence-electron chi connectivity index (χ0n) is 10.8. The smallest absolute Gasteiger partial charge is 0.310 e. The highest BCUT2D eigenvalue weighted by Gasteiger charge is 2.06. The largest absolute Gasteiger partial charge is 0.496 e. The predicted molar refractivity (Wildman–Crippen MR) is 67.3 cm³/mol. The summed E-state index contributed by atoms with van der Waals surface area (Å²) in [6.07, 6.45) is 2.26. The molecule has 0 saturated carbocycles. The predicted octanol–water partition coefficient (Wildman–Crippen LogP) is 2.89. The molecule has 3 heteroatoms. The van der Waals surface area contributed by atoms with Gasteiger partial charge < -0.3 is 9.47 Å². The zero-order valence-corrected chi connectivity index (χ0v) is 10.8. The van der Waals surface area contributed by atoms with Crippen LogP contribution in [0.4, 0.5) is 0 Å². The number of carbonyl (C=O) groups is 1. The third kappa shape index (κ3) is 4.47. The second-order valence-electron chi connectivity index (χ2n) is 4.05. The molecule has 1 rings (SSSR count). The van der Waals surface area contributed by atoms with Gasteiger partial charge in [-0.2, -0.15) is 0 Å². The molecule has 1 aromatic carbocycles. The number of unbranched alkanes of at least 4 members (excludes halogenated alkanes) is 1. The summed E-state index contributed by atoms with van der Waals surface area (Å²) in [5.74, 6) is 0.633. The Hall–Kier alpha value is -1.51. The van der Waals surface area contributed by atoms with E-state index in [9.17, 15) is 4.79 Å². The van der Waals surface area contributed by atoms with E-state index in [4.69, 9.17) is 9.47 Å². The van der Waals surface area contributed by atoms with Crippen LogP contribution in [0, 0.1) is 6.92 Å². The van der Waals surface area contributed by atoms with Gasteiger partial charge in [0.05, 0.1) is 20.1 Å². The lowest BCUT2D eigenvalue weighted by Crippen LogP contribution is -2.09. The number of ether oxygens (including phenoxy) is 2. The average molecular weight is 236 g/mol. The van der Waals surface area contributed by atoms with Crippen molar-refractivity contribution in [2.75, 3.05) is 13.7 Å². The van der Waals surface area contributed by atoms with Gasteiger partial charge in [-0.25, -0.2) is 0 Å². The number of aryl methyl sites for hydroxylation is 1. The molecule has 0 bridgehead atoms. The van der Waals surface area contributed by atoms with Crippen LogP contribution in [0.15, 0.2) is 18.2 Å². The maximum absolute atomic E-state index is 11.5. The van der Waals surface area contributed by atoms with Crippen molar-refractivity contribution < 1.29 is 14.3 Å². The number of hydrogen-bond acceptors (Lipinski definition) is 3. The fraction of sp³-hybridized carbons (Fsp3) is 0.500. The molecule has 17 heavy (non-hydrogen) atoms. The van der Waals surface area contributed by atoms with Crippen molar-refractivity contribution in [1.29, 1.82) is 0 Å². The summed E-state index contributed by atoms with van der Waals surface area (Å²) in [4.78, 5) is 11.5. The first-order chi connectivity index (χ1) is 8.17. The highest BCUT2D eigenvalue weighted by molar-refractivity contribution is 5.72. The second kappa shape index (κ2) is 6.94. The first kappa shape index (κ1) is 13.6. The normalized spacial score (nSPS) is 10.1. The molecule has 0 atom stereocenters. The summed E-state index contributed by atoms with van der Waals surface area (Å²) in [7, 11) is 1.63. The molecule has 0 amide bonds. The quantitative estimate of drug-likeness (QED) is 0.563. The van der Waals surface area contributed by atoms with Gasteiger partial charge >= 0.3 is 5.97 Å². The maximum atomic E-state index is 11.5. The summed E-state index contributed by atoms with van der Waals surface area (Å²) in [6.45, 7) is 4.55. The Morgan fingerprint density at radius 3 is 2.76 bits per heavy atom. The molecule has 0 fully saturated rings. The molecule has 94 valence electrons. The SMILES string of the molecule is CCCCOC(=O)Cc1ccc(C)c(OC)c1. The van der Waals surface area contributed by atoms with Gasteiger partial charge in [0.25, 0.3) is 0 Å². The molecule has 0 aliphatic heterocycles. The van der Waals surface area contributed by atoms with Gasteiger partial charge in [0.15, 0.2) is 0 Å². The number of methoxy groups -OCH3 is 1. The van der Waals surface area contributed by atoms with E-state index in [0.29, 0.717) is 13.0 Å². The van der Waals surface area contributed by atoms with Gasteiger partial charge in [-0.1, -0.05) is 25.5 Å². The molecule has 0 aliphatic carbocycles. The summed E-state index contributed by atoms with van der Waals surface area (Å²) < 4.78 is 10.3. The summed E-state index contributed by atoms with van der Waals surface area (Å²) >= 11 is 0. The molecule has 0 N–H and O–H groups in total. The van der Waals surface area contributed by atoms with E-state index < -0.39 is 0 Å². The minimum absolute atomic E-state index is 0.177. The van der Waals surface area contributed by atoms with E-state index in [0.717, 1.165) is 29.7 Å². The van der Waals surface area contributed by atoms with E-state index in [1.54, 1.807) is 7.11 Å². The third-order valence-corrected chi connectivity index (χ3v) is 2.58. The van der Waals surface area contributed by atoms with E-state index in [1.165, 1.54) is 0 Å². The minimum atomic E-state index is -0.177. The molecule has 0 saturated heterocycles. The van der Waals surface area contributed by atoms with Gasteiger partial charge in [-0.3, -0.25) is 4.79 Å². The standard InChI is InChI=1S/C14H20O3/c1-4-5-8-17-14(15)10-12-7-6-11(2)13(9-12)16-3/h6-7,9H,4-5,8,10H2,1-3H3. The van der Waals surface area contributed by atoms with Gasteiger partial charge in [0, 0.05) is 0 Å². The Morgan fingerprint density at radius 1 is 1.35 bits per heavy atom. The van der Waals surface area contributed by atoms with Gasteiger partial charge in [0.1, 0.15) is 5.75 Å². The van der Waals surface area contributed by atoms with Crippen LogP contribution >= 0.6 is 0 Å². The molecular formula is C14H20O3. The van der Waals surface area contributed by atoms with Crippen LogP contribution in [0.1, 0.15) is 30.9 Å². The van der Waals surface area contributed by atoms with Crippen LogP contribution in [0.2, 0.25) is 0 Å². The van der Waals surface area contributed by atoms with Crippen LogP contribution in [-0.2, 0) is 16.0 Å². The number of hydrogen-bond donors (Lipinski definition) is 0. The maximum Gasteiger partial charge on any atom is 0.310 e. The molecule has 0 aromatic heterocycles. The van der Waals surface area contributed by atoms with Crippen LogP contribution < -0.4 is 4.74 Å². The lowest BCUT2D eigenvalue weighted by molar-refractivity contribution is -0.142. The fourth-order valence-corrected chi connectivity index (χ4v) is 1.52. The first-order valence-corrected chi connectivity index (χ1v) is 5.96. The Balaban J connectivity index is 2.53. The van der Waals surface area contributed by atoms with Gasteiger partial charge in [0.2, 0.25) is 0 Å². The van der Waals surface area contributed by atoms with Crippen molar-refractivity contribution in [2.24, 2.45) is 0 Å². The molecule has 0 aliphatic rings. The second-order valence-corrected chi connectivity index (χ2v) is 4.05. The van der Waals surface area contributed by atoms with Crippen molar-refractivity contribution >= 4 is 5.97 Å². The van der Waals surface area contributed by atoms with Gasteiger partial charge in [-0.15, -0.1) is 0 Å². The molecule has 0 unspecified atom stereocenters. The number of rotatable bonds is 6. The summed E-state index contributed by atoms with van der Waals surface area (Å²) in [5, 5.41) is 0.